The predicted octanol–water partition coefficient (Wildman–Crippen LogP) is 5.42. The number of amides is 1. The molecule has 1 fully saturated rings. The van der Waals surface area contributed by atoms with Gasteiger partial charge in [-0.25, -0.2) is 14.5 Å². The Kier molecular flexibility index (Phi) is 7.35. The van der Waals surface area contributed by atoms with Gasteiger partial charge in [0, 0.05) is 41.0 Å². The van der Waals surface area contributed by atoms with Gasteiger partial charge in [-0.1, -0.05) is 26.0 Å². The molecule has 10 heteroatoms. The number of carbonyl (C=O) groups is 2. The van der Waals surface area contributed by atoms with Crippen molar-refractivity contribution in [2.45, 2.75) is 72.8 Å². The maximum Gasteiger partial charge on any atom is 0.341 e. The van der Waals surface area contributed by atoms with Crippen LogP contribution in [0.1, 0.15) is 75.0 Å². The van der Waals surface area contributed by atoms with Crippen LogP contribution in [0.4, 0.5) is 5.82 Å². The summed E-state index contributed by atoms with van der Waals surface area (Å²) in [5.41, 5.74) is 4.17. The highest BCUT2D eigenvalue weighted by Gasteiger charge is 2.34. The van der Waals surface area contributed by atoms with E-state index in [0.29, 0.717) is 29.4 Å². The van der Waals surface area contributed by atoms with Gasteiger partial charge in [0.1, 0.15) is 5.56 Å². The Labute approximate surface area is 233 Å². The number of carboxylic acids is 1. The molecule has 5 rings (SSSR count). The fourth-order valence-electron chi connectivity index (χ4n) is 5.61. The van der Waals surface area contributed by atoms with Gasteiger partial charge in [0.2, 0.25) is 11.8 Å². The Morgan fingerprint density at radius 2 is 1.77 bits per heavy atom. The van der Waals surface area contributed by atoms with Gasteiger partial charge < -0.3 is 10.2 Å². The van der Waals surface area contributed by atoms with Crippen molar-refractivity contribution in [1.82, 2.24) is 24.4 Å². The number of hydrogen-bond acceptors (Lipinski definition) is 6. The number of carbonyl (C=O) groups excluding carboxylic acids is 1. The normalized spacial score (nSPS) is 17.4. The number of aryl methyl sites for hydroxylation is 1. The number of nitrogens with zero attached hydrogens (tertiary/aromatic N) is 6. The van der Waals surface area contributed by atoms with Crippen molar-refractivity contribution in [3.8, 4) is 22.8 Å². The quantitative estimate of drug-likeness (QED) is 0.318. The third-order valence-corrected chi connectivity index (χ3v) is 7.93. The first-order valence-electron chi connectivity index (χ1n) is 13.9. The third kappa shape index (κ3) is 4.94. The van der Waals surface area contributed by atoms with Gasteiger partial charge >= 0.3 is 5.97 Å². The number of rotatable bonds is 7. The lowest BCUT2D eigenvalue weighted by molar-refractivity contribution is -0.124. The molecule has 0 atom stereocenters. The van der Waals surface area contributed by atoms with E-state index in [1.54, 1.807) is 4.90 Å². The van der Waals surface area contributed by atoms with Crippen LogP contribution in [-0.4, -0.2) is 52.5 Å². The minimum absolute atomic E-state index is 0.0145. The fraction of sp³-hybridized carbons (Fsp3) is 0.433. The summed E-state index contributed by atoms with van der Waals surface area (Å²) >= 11 is 0. The number of aromatic nitrogens is 5. The molecule has 3 heterocycles. The highest BCUT2D eigenvalue weighted by atomic mass is 16.4. The van der Waals surface area contributed by atoms with E-state index in [2.05, 4.69) is 22.1 Å². The third-order valence-electron chi connectivity index (χ3n) is 7.93. The SMILES string of the molecule is CCc1c(C)nc2cc(-c3ccc(-n4cc(C(=O)O)c(N(C(=O)C5CCC(C)CC5)C(C)C)n4)cc3)nn2c1O. The van der Waals surface area contributed by atoms with E-state index in [4.69, 9.17) is 0 Å². The molecule has 2 N–H and O–H groups in total. The monoisotopic (exact) mass is 544 g/mol. The van der Waals surface area contributed by atoms with E-state index in [9.17, 15) is 19.8 Å². The van der Waals surface area contributed by atoms with Crippen LogP contribution in [0, 0.1) is 18.8 Å². The van der Waals surface area contributed by atoms with Gasteiger partial charge in [0.05, 0.1) is 11.4 Å². The van der Waals surface area contributed by atoms with Gasteiger partial charge in [0.15, 0.2) is 11.5 Å². The number of carboxylic acid groups (broad SMARTS) is 1. The molecule has 0 bridgehead atoms. The Balaban J connectivity index is 1.47. The number of aromatic hydroxyl groups is 1. The predicted molar refractivity (Wildman–Crippen MR) is 152 cm³/mol. The van der Waals surface area contributed by atoms with Crippen LogP contribution in [0.2, 0.25) is 0 Å². The summed E-state index contributed by atoms with van der Waals surface area (Å²) < 4.78 is 2.95. The Hall–Kier alpha value is -4.21. The molecule has 1 amide bonds. The second-order valence-electron chi connectivity index (χ2n) is 11.1. The fourth-order valence-corrected chi connectivity index (χ4v) is 5.61. The lowest BCUT2D eigenvalue weighted by Gasteiger charge is -2.32. The molecule has 1 aliphatic rings. The van der Waals surface area contributed by atoms with Gasteiger partial charge in [-0.05, 0) is 70.9 Å². The molecule has 1 saturated carbocycles. The summed E-state index contributed by atoms with van der Waals surface area (Å²) in [6.07, 6.45) is 5.72. The van der Waals surface area contributed by atoms with Crippen LogP contribution in [0.5, 0.6) is 5.88 Å². The molecule has 210 valence electrons. The van der Waals surface area contributed by atoms with Crippen LogP contribution < -0.4 is 4.90 Å². The Bertz CT molecular complexity index is 1560. The summed E-state index contributed by atoms with van der Waals surface area (Å²) in [5.74, 6) is -0.457. The average Bonchev–Trinajstić information content (AvgIpc) is 3.55. The average molecular weight is 545 g/mol. The highest BCUT2D eigenvalue weighted by molar-refractivity contribution is 6.01. The summed E-state index contributed by atoms with van der Waals surface area (Å²) in [7, 11) is 0. The molecule has 1 aliphatic carbocycles. The van der Waals surface area contributed by atoms with Crippen LogP contribution in [0.15, 0.2) is 36.5 Å². The van der Waals surface area contributed by atoms with Crippen molar-refractivity contribution >= 4 is 23.3 Å². The largest absolute Gasteiger partial charge is 0.493 e. The molecule has 40 heavy (non-hydrogen) atoms. The number of anilines is 1. The second-order valence-corrected chi connectivity index (χ2v) is 11.1. The second kappa shape index (κ2) is 10.7. The number of fused-ring (bicyclic) bond motifs is 1. The zero-order valence-corrected chi connectivity index (χ0v) is 23.6. The van der Waals surface area contributed by atoms with Gasteiger partial charge in [-0.2, -0.15) is 9.61 Å². The minimum Gasteiger partial charge on any atom is -0.493 e. The zero-order chi connectivity index (χ0) is 28.7. The number of aromatic carboxylic acids is 1. The maximum absolute atomic E-state index is 13.6. The molecule has 4 aromatic rings. The van der Waals surface area contributed by atoms with Crippen molar-refractivity contribution in [3.05, 3.63) is 53.3 Å². The van der Waals surface area contributed by atoms with E-state index in [0.717, 1.165) is 42.5 Å². The molecule has 1 aromatic carbocycles. The van der Waals surface area contributed by atoms with E-state index < -0.39 is 5.97 Å². The lowest BCUT2D eigenvalue weighted by atomic mass is 9.82. The highest BCUT2D eigenvalue weighted by Crippen LogP contribution is 2.33. The van der Waals surface area contributed by atoms with Gasteiger partial charge in [0.25, 0.3) is 0 Å². The van der Waals surface area contributed by atoms with E-state index in [1.165, 1.54) is 15.4 Å². The number of hydrogen-bond donors (Lipinski definition) is 2. The molecule has 0 aliphatic heterocycles. The van der Waals surface area contributed by atoms with Crippen molar-refractivity contribution in [2.75, 3.05) is 4.90 Å². The standard InChI is InChI=1S/C30H36N6O4/c1-6-23-19(5)31-26-15-25(32-36(26)29(23)38)20-11-13-22(14-12-20)34-16-24(30(39)40)27(33-34)35(17(2)3)28(37)21-9-7-18(4)8-10-21/h11-18,21,38H,6-10H2,1-5H3,(H,39,40). The first kappa shape index (κ1) is 27.4. The summed E-state index contributed by atoms with van der Waals surface area (Å²) in [6, 6.07) is 8.93. The smallest absolute Gasteiger partial charge is 0.341 e. The van der Waals surface area contributed by atoms with E-state index >= 15 is 0 Å². The summed E-state index contributed by atoms with van der Waals surface area (Å²) in [4.78, 5) is 31.9. The molecule has 10 nitrogen and oxygen atoms in total. The molecule has 0 spiro atoms. The molecular weight excluding hydrogens is 508 g/mol. The molecule has 0 unspecified atom stereocenters. The van der Waals surface area contributed by atoms with Crippen LogP contribution in [0.25, 0.3) is 22.6 Å². The molecule has 0 saturated heterocycles. The molecular formula is C30H36N6O4. The Morgan fingerprint density at radius 1 is 1.10 bits per heavy atom. The van der Waals surface area contributed by atoms with Crippen LogP contribution in [0.3, 0.4) is 0 Å². The van der Waals surface area contributed by atoms with Gasteiger partial charge in [-0.3, -0.25) is 9.69 Å². The topological polar surface area (TPSA) is 126 Å². The first-order chi connectivity index (χ1) is 19.1. The lowest BCUT2D eigenvalue weighted by Crippen LogP contribution is -2.43. The van der Waals surface area contributed by atoms with E-state index in [-0.39, 0.29) is 35.1 Å². The van der Waals surface area contributed by atoms with Crippen molar-refractivity contribution < 1.29 is 19.8 Å². The summed E-state index contributed by atoms with van der Waals surface area (Å²) in [5, 5.41) is 29.8. The first-order valence-corrected chi connectivity index (χ1v) is 13.9. The minimum atomic E-state index is -1.13. The van der Waals surface area contributed by atoms with Crippen LogP contribution in [-0.2, 0) is 11.2 Å². The van der Waals surface area contributed by atoms with Gasteiger partial charge in [-0.15, -0.1) is 5.10 Å². The maximum atomic E-state index is 13.6. The van der Waals surface area contributed by atoms with Crippen LogP contribution >= 0.6 is 0 Å². The van der Waals surface area contributed by atoms with Crippen molar-refractivity contribution in [1.29, 1.82) is 0 Å². The molecule has 0 radical (unpaired) electrons. The molecule has 3 aromatic heterocycles. The Morgan fingerprint density at radius 3 is 2.38 bits per heavy atom. The van der Waals surface area contributed by atoms with Crippen molar-refractivity contribution in [3.63, 3.8) is 0 Å². The number of benzene rings is 1. The zero-order valence-electron chi connectivity index (χ0n) is 23.6. The van der Waals surface area contributed by atoms with E-state index in [1.807, 2.05) is 58.0 Å². The summed E-state index contributed by atoms with van der Waals surface area (Å²) in [6.45, 7) is 9.80. The van der Waals surface area contributed by atoms with Crippen molar-refractivity contribution in [2.24, 2.45) is 11.8 Å².